The van der Waals surface area contributed by atoms with Gasteiger partial charge in [-0.05, 0) is 24.1 Å². The van der Waals surface area contributed by atoms with Crippen LogP contribution in [0.2, 0.25) is 0 Å². The summed E-state index contributed by atoms with van der Waals surface area (Å²) in [6.45, 7) is 1.16. The van der Waals surface area contributed by atoms with Crippen molar-refractivity contribution in [3.05, 3.63) is 42.2 Å². The molecular weight excluding hydrogens is 326 g/mol. The molecule has 2 heterocycles. The molecule has 1 N–H and O–H groups in total. The zero-order valence-corrected chi connectivity index (χ0v) is 14.2. The molecule has 0 saturated heterocycles. The summed E-state index contributed by atoms with van der Waals surface area (Å²) in [5.74, 6) is 2.12. The lowest BCUT2D eigenvalue weighted by Gasteiger charge is -2.26. The highest BCUT2D eigenvalue weighted by Gasteiger charge is 2.23. The number of amides is 1. The van der Waals surface area contributed by atoms with Crippen LogP contribution in [-0.4, -0.2) is 41.9 Å². The molecule has 0 aliphatic carbocycles. The minimum Gasteiger partial charge on any atom is -0.493 e. The molecule has 1 aliphatic heterocycles. The number of carbonyl (C=O) groups is 1. The van der Waals surface area contributed by atoms with Crippen LogP contribution in [0.3, 0.4) is 0 Å². The molecule has 1 aromatic heterocycles. The van der Waals surface area contributed by atoms with Crippen LogP contribution >= 0.6 is 11.8 Å². The average Bonchev–Trinajstić information content (AvgIpc) is 2.64. The van der Waals surface area contributed by atoms with E-state index >= 15 is 0 Å². The predicted octanol–water partition coefficient (Wildman–Crippen LogP) is 1.94. The number of aromatic nitrogens is 2. The van der Waals surface area contributed by atoms with Crippen molar-refractivity contribution in [2.24, 2.45) is 5.92 Å². The van der Waals surface area contributed by atoms with Crippen molar-refractivity contribution < 1.29 is 14.3 Å². The number of thioether (sulfide) groups is 1. The minimum atomic E-state index is -0.0242. The fraction of sp³-hybridized carbons (Fsp3) is 0.353. The van der Waals surface area contributed by atoms with Crippen molar-refractivity contribution >= 4 is 17.7 Å². The summed E-state index contributed by atoms with van der Waals surface area (Å²) in [6, 6.07) is 7.64. The van der Waals surface area contributed by atoms with Gasteiger partial charge in [0.25, 0.3) is 0 Å². The maximum atomic E-state index is 12.0. The summed E-state index contributed by atoms with van der Waals surface area (Å²) in [5.41, 5.74) is 1.12. The van der Waals surface area contributed by atoms with Gasteiger partial charge in [0.1, 0.15) is 0 Å². The van der Waals surface area contributed by atoms with E-state index in [4.69, 9.17) is 9.47 Å². The van der Waals surface area contributed by atoms with Gasteiger partial charge < -0.3 is 14.8 Å². The van der Waals surface area contributed by atoms with E-state index < -0.39 is 0 Å². The summed E-state index contributed by atoms with van der Waals surface area (Å²) < 4.78 is 11.1. The molecule has 1 aliphatic rings. The van der Waals surface area contributed by atoms with Crippen LogP contribution in [0.15, 0.2) is 41.8 Å². The summed E-state index contributed by atoms with van der Waals surface area (Å²) in [7, 11) is 1.64. The number of ether oxygens (including phenoxy) is 2. The number of rotatable bonds is 6. The molecule has 3 rings (SSSR count). The lowest BCUT2D eigenvalue weighted by molar-refractivity contribution is -0.118. The number of carbonyl (C=O) groups excluding carboxylic acids is 1. The Morgan fingerprint density at radius 1 is 1.38 bits per heavy atom. The molecule has 6 nitrogen and oxygen atoms in total. The fourth-order valence-electron chi connectivity index (χ4n) is 2.55. The molecule has 0 bridgehead atoms. The zero-order valence-electron chi connectivity index (χ0n) is 13.4. The SMILES string of the molecule is COc1cccc2c1OCC(CNC(=O)CSc1ncccn1)C2. The molecule has 24 heavy (non-hydrogen) atoms. The second-order valence-electron chi connectivity index (χ2n) is 5.45. The molecule has 1 unspecified atom stereocenters. The number of hydrogen-bond acceptors (Lipinski definition) is 6. The van der Waals surface area contributed by atoms with Gasteiger partial charge in [-0.2, -0.15) is 0 Å². The van der Waals surface area contributed by atoms with Gasteiger partial charge in [0.2, 0.25) is 5.91 Å². The Labute approximate surface area is 145 Å². The lowest BCUT2D eigenvalue weighted by Crippen LogP contribution is -2.35. The highest BCUT2D eigenvalue weighted by atomic mass is 32.2. The fourth-order valence-corrected chi connectivity index (χ4v) is 3.18. The van der Waals surface area contributed by atoms with E-state index in [9.17, 15) is 4.79 Å². The highest BCUT2D eigenvalue weighted by molar-refractivity contribution is 7.99. The van der Waals surface area contributed by atoms with Gasteiger partial charge in [-0.1, -0.05) is 23.9 Å². The Morgan fingerprint density at radius 3 is 3.00 bits per heavy atom. The third kappa shape index (κ3) is 4.17. The summed E-state index contributed by atoms with van der Waals surface area (Å²) in [6.07, 6.45) is 4.19. The topological polar surface area (TPSA) is 73.3 Å². The quantitative estimate of drug-likeness (QED) is 0.637. The predicted molar refractivity (Wildman–Crippen MR) is 91.4 cm³/mol. The molecule has 1 amide bonds. The second-order valence-corrected chi connectivity index (χ2v) is 6.40. The monoisotopic (exact) mass is 345 g/mol. The molecular formula is C17H19N3O3S. The number of fused-ring (bicyclic) bond motifs is 1. The number of para-hydroxylation sites is 1. The van der Waals surface area contributed by atoms with E-state index in [0.29, 0.717) is 24.1 Å². The number of nitrogens with zero attached hydrogens (tertiary/aromatic N) is 2. The van der Waals surface area contributed by atoms with Gasteiger partial charge in [-0.15, -0.1) is 0 Å². The van der Waals surface area contributed by atoms with E-state index in [1.165, 1.54) is 11.8 Å². The van der Waals surface area contributed by atoms with E-state index in [1.807, 2.05) is 18.2 Å². The Bertz CT molecular complexity index is 697. The second kappa shape index (κ2) is 8.01. The first-order valence-corrected chi connectivity index (χ1v) is 8.70. The maximum Gasteiger partial charge on any atom is 0.230 e. The van der Waals surface area contributed by atoms with Gasteiger partial charge in [-0.25, -0.2) is 9.97 Å². The normalized spacial score (nSPS) is 16.0. The molecule has 0 fully saturated rings. The Kier molecular flexibility index (Phi) is 5.53. The summed E-state index contributed by atoms with van der Waals surface area (Å²) in [4.78, 5) is 20.1. The van der Waals surface area contributed by atoms with Crippen molar-refractivity contribution in [3.63, 3.8) is 0 Å². The molecule has 2 aromatic rings. The van der Waals surface area contributed by atoms with Crippen LogP contribution in [0.5, 0.6) is 11.5 Å². The van der Waals surface area contributed by atoms with Gasteiger partial charge in [0.15, 0.2) is 16.7 Å². The van der Waals surface area contributed by atoms with Gasteiger partial charge in [-0.3, -0.25) is 4.79 Å². The molecule has 7 heteroatoms. The molecule has 0 saturated carbocycles. The van der Waals surface area contributed by atoms with Crippen LogP contribution < -0.4 is 14.8 Å². The van der Waals surface area contributed by atoms with Crippen molar-refractivity contribution in [3.8, 4) is 11.5 Å². The third-order valence-corrected chi connectivity index (χ3v) is 4.59. The van der Waals surface area contributed by atoms with Crippen LogP contribution in [0, 0.1) is 5.92 Å². The van der Waals surface area contributed by atoms with E-state index in [-0.39, 0.29) is 11.8 Å². The van der Waals surface area contributed by atoms with Crippen molar-refractivity contribution in [2.45, 2.75) is 11.6 Å². The van der Waals surface area contributed by atoms with E-state index in [2.05, 4.69) is 15.3 Å². The first-order valence-electron chi connectivity index (χ1n) is 7.71. The number of nitrogens with one attached hydrogen (secondary N) is 1. The van der Waals surface area contributed by atoms with E-state index in [1.54, 1.807) is 25.6 Å². The smallest absolute Gasteiger partial charge is 0.230 e. The molecule has 1 atom stereocenters. The van der Waals surface area contributed by atoms with Gasteiger partial charge in [0.05, 0.1) is 19.5 Å². The molecule has 126 valence electrons. The van der Waals surface area contributed by atoms with Crippen LogP contribution in [0.1, 0.15) is 5.56 Å². The van der Waals surface area contributed by atoms with Crippen LogP contribution in [0.4, 0.5) is 0 Å². The Hall–Kier alpha value is -2.28. The number of hydrogen-bond donors (Lipinski definition) is 1. The molecule has 1 aromatic carbocycles. The first kappa shape index (κ1) is 16.6. The zero-order chi connectivity index (χ0) is 16.8. The first-order chi connectivity index (χ1) is 11.8. The van der Waals surface area contributed by atoms with Crippen LogP contribution in [0.25, 0.3) is 0 Å². The van der Waals surface area contributed by atoms with Crippen molar-refractivity contribution in [1.29, 1.82) is 0 Å². The molecule has 0 radical (unpaired) electrons. The molecule has 0 spiro atoms. The highest BCUT2D eigenvalue weighted by Crippen LogP contribution is 2.35. The van der Waals surface area contributed by atoms with Crippen molar-refractivity contribution in [1.82, 2.24) is 15.3 Å². The minimum absolute atomic E-state index is 0.0242. The third-order valence-electron chi connectivity index (χ3n) is 3.71. The van der Waals surface area contributed by atoms with Gasteiger partial charge in [0, 0.05) is 24.9 Å². The van der Waals surface area contributed by atoms with Gasteiger partial charge >= 0.3 is 0 Å². The maximum absolute atomic E-state index is 12.0. The summed E-state index contributed by atoms with van der Waals surface area (Å²) in [5, 5.41) is 3.56. The summed E-state index contributed by atoms with van der Waals surface area (Å²) >= 11 is 1.33. The lowest BCUT2D eigenvalue weighted by atomic mass is 9.96. The standard InChI is InChI=1S/C17H19N3O3S/c1-22-14-5-2-4-13-8-12(10-23-16(13)14)9-20-15(21)11-24-17-18-6-3-7-19-17/h2-7,12H,8-11H2,1H3,(H,20,21). The Morgan fingerprint density at radius 2 is 2.21 bits per heavy atom. The largest absolute Gasteiger partial charge is 0.493 e. The Balaban J connectivity index is 1.46. The average molecular weight is 345 g/mol. The van der Waals surface area contributed by atoms with E-state index in [0.717, 1.165) is 23.5 Å². The van der Waals surface area contributed by atoms with Crippen molar-refractivity contribution in [2.75, 3.05) is 26.0 Å². The number of benzene rings is 1. The van der Waals surface area contributed by atoms with Crippen LogP contribution in [-0.2, 0) is 11.2 Å². The number of methoxy groups -OCH3 is 1.